The van der Waals surface area contributed by atoms with Crippen LogP contribution in [0.4, 0.5) is 13.2 Å². The van der Waals surface area contributed by atoms with Gasteiger partial charge in [-0.1, -0.05) is 12.1 Å². The van der Waals surface area contributed by atoms with Gasteiger partial charge in [0.2, 0.25) is 0 Å². The molecule has 0 fully saturated rings. The Morgan fingerprint density at radius 1 is 1.22 bits per heavy atom. The fourth-order valence-electron chi connectivity index (χ4n) is 0.788. The van der Waals surface area contributed by atoms with E-state index in [4.69, 9.17) is 0 Å². The average molecular weight is 263 g/mol. The maximum absolute atomic E-state index is 12.0. The van der Waals surface area contributed by atoms with Crippen LogP contribution in [0, 0.1) is 0 Å². The average Bonchev–Trinajstić information content (AvgIpc) is 2.30. The second kappa shape index (κ2) is 9.35. The van der Waals surface area contributed by atoms with E-state index >= 15 is 0 Å². The molecular formula is C12H16F3NO2. The molecule has 1 aromatic carbocycles. The van der Waals surface area contributed by atoms with Crippen LogP contribution in [0.1, 0.15) is 29.8 Å². The van der Waals surface area contributed by atoms with Crippen molar-refractivity contribution in [2.24, 2.45) is 5.73 Å². The van der Waals surface area contributed by atoms with Crippen molar-refractivity contribution in [2.45, 2.75) is 20.0 Å². The molecule has 0 spiro atoms. The summed E-state index contributed by atoms with van der Waals surface area (Å²) in [7, 11) is 1.50. The van der Waals surface area contributed by atoms with Crippen LogP contribution >= 0.6 is 0 Å². The van der Waals surface area contributed by atoms with Gasteiger partial charge in [0, 0.05) is 5.56 Å². The van der Waals surface area contributed by atoms with Gasteiger partial charge in [-0.05, 0) is 33.0 Å². The standard InChI is InChI=1S/C8H5F3O.C3H6O.CH5N/c9-8(10,11)7-3-1-2-6(4-7)5-12;1-3(2)4;1-2/h1-5H;1-2H3;2H2,1H3. The van der Waals surface area contributed by atoms with Crippen molar-refractivity contribution in [3.8, 4) is 0 Å². The van der Waals surface area contributed by atoms with Crippen molar-refractivity contribution in [1.82, 2.24) is 0 Å². The highest BCUT2D eigenvalue weighted by molar-refractivity contribution is 5.75. The van der Waals surface area contributed by atoms with Crippen molar-refractivity contribution < 1.29 is 22.8 Å². The van der Waals surface area contributed by atoms with Crippen molar-refractivity contribution in [3.63, 3.8) is 0 Å². The number of hydrogen-bond donors (Lipinski definition) is 1. The Morgan fingerprint density at radius 3 is 2.00 bits per heavy atom. The molecule has 0 bridgehead atoms. The Balaban J connectivity index is 0. The lowest BCUT2D eigenvalue weighted by Gasteiger charge is -2.05. The van der Waals surface area contributed by atoms with Crippen LogP contribution in [-0.2, 0) is 11.0 Å². The summed E-state index contributed by atoms with van der Waals surface area (Å²) in [6.45, 7) is 3.06. The lowest BCUT2D eigenvalue weighted by Crippen LogP contribution is -2.04. The Morgan fingerprint density at radius 2 is 1.67 bits per heavy atom. The van der Waals surface area contributed by atoms with Crippen LogP contribution < -0.4 is 5.73 Å². The Kier molecular flexibility index (Phi) is 9.70. The largest absolute Gasteiger partial charge is 0.416 e. The molecule has 0 aliphatic heterocycles. The molecule has 18 heavy (non-hydrogen) atoms. The molecule has 0 atom stereocenters. The molecule has 2 N–H and O–H groups in total. The van der Waals surface area contributed by atoms with Crippen LogP contribution in [0.25, 0.3) is 0 Å². The van der Waals surface area contributed by atoms with Gasteiger partial charge in [0.05, 0.1) is 5.56 Å². The number of Topliss-reactive ketones (excluding diaryl/α,β-unsaturated/α-hetero) is 1. The van der Waals surface area contributed by atoms with Crippen LogP contribution in [0.3, 0.4) is 0 Å². The number of alkyl halides is 3. The first-order valence-electron chi connectivity index (χ1n) is 4.94. The van der Waals surface area contributed by atoms with Gasteiger partial charge in [-0.2, -0.15) is 13.2 Å². The van der Waals surface area contributed by atoms with Crippen molar-refractivity contribution in [2.75, 3.05) is 7.05 Å². The van der Waals surface area contributed by atoms with E-state index in [1.54, 1.807) is 0 Å². The third-order valence-corrected chi connectivity index (χ3v) is 1.35. The molecule has 0 aromatic heterocycles. The molecule has 102 valence electrons. The predicted octanol–water partition coefficient (Wildman–Crippen LogP) is 2.69. The summed E-state index contributed by atoms with van der Waals surface area (Å²) >= 11 is 0. The number of carbonyl (C=O) groups excluding carboxylic acids is 2. The van der Waals surface area contributed by atoms with Gasteiger partial charge >= 0.3 is 6.18 Å². The highest BCUT2D eigenvalue weighted by Crippen LogP contribution is 2.29. The highest BCUT2D eigenvalue weighted by atomic mass is 19.4. The van der Waals surface area contributed by atoms with Gasteiger partial charge in [-0.3, -0.25) is 4.79 Å². The first-order valence-corrected chi connectivity index (χ1v) is 4.94. The first-order chi connectivity index (χ1) is 8.27. The first kappa shape index (κ1) is 18.7. The lowest BCUT2D eigenvalue weighted by atomic mass is 10.1. The monoisotopic (exact) mass is 263 g/mol. The van der Waals surface area contributed by atoms with Gasteiger partial charge in [0.25, 0.3) is 0 Å². The lowest BCUT2D eigenvalue weighted by molar-refractivity contribution is -0.137. The number of ketones is 1. The number of hydrogen-bond acceptors (Lipinski definition) is 3. The quantitative estimate of drug-likeness (QED) is 0.792. The maximum Gasteiger partial charge on any atom is 0.416 e. The zero-order valence-electron chi connectivity index (χ0n) is 10.4. The summed E-state index contributed by atoms with van der Waals surface area (Å²) in [4.78, 5) is 19.6. The van der Waals surface area contributed by atoms with Crippen LogP contribution in [0.15, 0.2) is 24.3 Å². The molecule has 1 aromatic rings. The number of benzene rings is 1. The molecule has 3 nitrogen and oxygen atoms in total. The van der Waals surface area contributed by atoms with Gasteiger partial charge < -0.3 is 10.5 Å². The molecule has 1 rings (SSSR count). The molecule has 0 aliphatic carbocycles. The zero-order chi connectivity index (χ0) is 14.8. The van der Waals surface area contributed by atoms with Gasteiger partial charge in [0.1, 0.15) is 12.1 Å². The smallest absolute Gasteiger partial charge is 0.333 e. The number of carbonyl (C=O) groups is 2. The minimum absolute atomic E-state index is 0.0322. The number of rotatable bonds is 1. The molecule has 0 unspecified atom stereocenters. The van der Waals surface area contributed by atoms with E-state index in [0.717, 1.165) is 12.1 Å². The number of aldehydes is 1. The molecule has 0 saturated heterocycles. The van der Waals surface area contributed by atoms with Gasteiger partial charge in [-0.25, -0.2) is 0 Å². The van der Waals surface area contributed by atoms with Crippen LogP contribution in [0.5, 0.6) is 0 Å². The SMILES string of the molecule is CC(C)=O.CN.O=Cc1cccc(C(F)(F)F)c1. The summed E-state index contributed by atoms with van der Waals surface area (Å²) in [5.41, 5.74) is 3.73. The highest BCUT2D eigenvalue weighted by Gasteiger charge is 2.30. The maximum atomic E-state index is 12.0. The zero-order valence-corrected chi connectivity index (χ0v) is 10.4. The van der Waals surface area contributed by atoms with Gasteiger partial charge in [-0.15, -0.1) is 0 Å². The van der Waals surface area contributed by atoms with E-state index in [2.05, 4.69) is 5.73 Å². The van der Waals surface area contributed by atoms with Crippen LogP contribution in [0.2, 0.25) is 0 Å². The molecule has 0 aliphatic rings. The molecule has 0 radical (unpaired) electrons. The molecule has 0 amide bonds. The second-order valence-corrected chi connectivity index (χ2v) is 3.15. The third-order valence-electron chi connectivity index (χ3n) is 1.35. The molecule has 6 heteroatoms. The van der Waals surface area contributed by atoms with Crippen molar-refractivity contribution >= 4 is 12.1 Å². The molecule has 0 heterocycles. The predicted molar refractivity (Wildman–Crippen MR) is 63.3 cm³/mol. The minimum atomic E-state index is -4.38. The number of nitrogens with two attached hydrogens (primary N) is 1. The van der Waals surface area contributed by atoms with E-state index in [1.165, 1.54) is 33.0 Å². The van der Waals surface area contributed by atoms with E-state index in [9.17, 15) is 22.8 Å². The number of halogens is 3. The fourth-order valence-corrected chi connectivity index (χ4v) is 0.788. The van der Waals surface area contributed by atoms with Crippen molar-refractivity contribution in [1.29, 1.82) is 0 Å². The summed E-state index contributed by atoms with van der Waals surface area (Å²) in [5.74, 6) is 0.167. The normalized spacial score (nSPS) is 9.28. The Hall–Kier alpha value is -1.69. The Labute approximate surface area is 104 Å². The fraction of sp³-hybridized carbons (Fsp3) is 0.333. The molecule has 0 saturated carbocycles. The van der Waals surface area contributed by atoms with Crippen molar-refractivity contribution in [3.05, 3.63) is 35.4 Å². The third kappa shape index (κ3) is 9.53. The summed E-state index contributed by atoms with van der Waals surface area (Å²) in [6, 6.07) is 4.26. The van der Waals surface area contributed by atoms with E-state index < -0.39 is 11.7 Å². The molecular weight excluding hydrogens is 247 g/mol. The summed E-state index contributed by atoms with van der Waals surface area (Å²) in [5, 5.41) is 0. The van der Waals surface area contributed by atoms with E-state index in [0.29, 0.717) is 6.29 Å². The Bertz CT molecular complexity index is 372. The minimum Gasteiger partial charge on any atom is -0.333 e. The summed E-state index contributed by atoms with van der Waals surface area (Å²) < 4.78 is 36.0. The van der Waals surface area contributed by atoms with Gasteiger partial charge in [0.15, 0.2) is 0 Å². The second-order valence-electron chi connectivity index (χ2n) is 3.15. The summed E-state index contributed by atoms with van der Waals surface area (Å²) in [6.07, 6.45) is -3.99. The van der Waals surface area contributed by atoms with E-state index in [-0.39, 0.29) is 11.3 Å². The van der Waals surface area contributed by atoms with E-state index in [1.807, 2.05) is 0 Å². The topological polar surface area (TPSA) is 60.2 Å². The van der Waals surface area contributed by atoms with Crippen LogP contribution in [-0.4, -0.2) is 19.1 Å².